The Kier molecular flexibility index (Phi) is 6.98. The predicted octanol–water partition coefficient (Wildman–Crippen LogP) is 2.24. The molecule has 0 aliphatic rings. The number of methoxy groups -OCH3 is 2. The van der Waals surface area contributed by atoms with E-state index in [0.29, 0.717) is 41.7 Å². The summed E-state index contributed by atoms with van der Waals surface area (Å²) in [6, 6.07) is 3.24. The fourth-order valence-electron chi connectivity index (χ4n) is 1.93. The van der Waals surface area contributed by atoms with Crippen molar-refractivity contribution >= 4 is 29.1 Å². The number of carbonyl (C=O) groups excluding carboxylic acids is 2. The third kappa shape index (κ3) is 4.53. The summed E-state index contributed by atoms with van der Waals surface area (Å²) < 4.78 is 10.5. The Hall–Kier alpha value is -1.95. The van der Waals surface area contributed by atoms with Crippen LogP contribution >= 0.6 is 11.6 Å². The maximum atomic E-state index is 11.9. The quantitative estimate of drug-likeness (QED) is 0.833. The molecule has 1 aromatic rings. The lowest BCUT2D eigenvalue weighted by Gasteiger charge is -2.24. The first-order valence-electron chi connectivity index (χ1n) is 6.90. The summed E-state index contributed by atoms with van der Waals surface area (Å²) in [4.78, 5) is 24.7. The molecule has 0 spiro atoms. The minimum Gasteiger partial charge on any atom is -0.495 e. The number of amides is 2. The number of anilines is 1. The third-order valence-corrected chi connectivity index (χ3v) is 3.40. The van der Waals surface area contributed by atoms with Gasteiger partial charge in [-0.1, -0.05) is 18.5 Å². The molecule has 122 valence electrons. The van der Waals surface area contributed by atoms with Crippen LogP contribution in [-0.2, 0) is 9.59 Å². The first-order valence-corrected chi connectivity index (χ1v) is 7.28. The minimum atomic E-state index is -0.173. The summed E-state index contributed by atoms with van der Waals surface area (Å²) in [5.41, 5.74) is 0.544. The molecule has 0 aliphatic carbocycles. The van der Waals surface area contributed by atoms with Crippen LogP contribution in [0.15, 0.2) is 12.1 Å². The second-order valence-electron chi connectivity index (χ2n) is 4.53. The number of carbonyl (C=O) groups is 2. The zero-order chi connectivity index (χ0) is 16.7. The SMILES string of the molecule is CCC(=O)NCCN(C(C)=O)c1cc(OC)c(Cl)cc1OC. The molecule has 0 saturated heterocycles. The second-order valence-corrected chi connectivity index (χ2v) is 4.94. The van der Waals surface area contributed by atoms with Crippen LogP contribution in [0.3, 0.4) is 0 Å². The van der Waals surface area contributed by atoms with Crippen molar-refractivity contribution in [3.05, 3.63) is 17.2 Å². The minimum absolute atomic E-state index is 0.0656. The fourth-order valence-corrected chi connectivity index (χ4v) is 2.17. The number of hydrogen-bond acceptors (Lipinski definition) is 4. The van der Waals surface area contributed by atoms with Gasteiger partial charge in [0.1, 0.15) is 11.5 Å². The molecule has 2 amide bonds. The fraction of sp³-hybridized carbons (Fsp3) is 0.467. The van der Waals surface area contributed by atoms with Crippen LogP contribution in [0.1, 0.15) is 20.3 Å². The lowest BCUT2D eigenvalue weighted by molar-refractivity contribution is -0.121. The van der Waals surface area contributed by atoms with Gasteiger partial charge in [0.2, 0.25) is 11.8 Å². The highest BCUT2D eigenvalue weighted by Crippen LogP contribution is 2.38. The lowest BCUT2D eigenvalue weighted by atomic mass is 10.2. The highest BCUT2D eigenvalue weighted by Gasteiger charge is 2.19. The van der Waals surface area contributed by atoms with Crippen LogP contribution in [0.2, 0.25) is 5.02 Å². The van der Waals surface area contributed by atoms with Gasteiger partial charge in [-0.2, -0.15) is 0 Å². The summed E-state index contributed by atoms with van der Waals surface area (Å²) in [7, 11) is 3.00. The zero-order valence-corrected chi connectivity index (χ0v) is 14.0. The molecule has 0 atom stereocenters. The van der Waals surface area contributed by atoms with Gasteiger partial charge in [-0.25, -0.2) is 0 Å². The molecule has 1 N–H and O–H groups in total. The van der Waals surface area contributed by atoms with Gasteiger partial charge in [0.15, 0.2) is 0 Å². The molecule has 0 saturated carbocycles. The Morgan fingerprint density at radius 2 is 1.86 bits per heavy atom. The van der Waals surface area contributed by atoms with E-state index >= 15 is 0 Å². The molecule has 0 unspecified atom stereocenters. The molecule has 1 rings (SSSR count). The summed E-state index contributed by atoms with van der Waals surface area (Å²) in [6.45, 7) is 3.88. The predicted molar refractivity (Wildman–Crippen MR) is 85.9 cm³/mol. The molecule has 0 bridgehead atoms. The van der Waals surface area contributed by atoms with Crippen molar-refractivity contribution < 1.29 is 19.1 Å². The summed E-state index contributed by atoms with van der Waals surface area (Å²) in [6.07, 6.45) is 0.401. The van der Waals surface area contributed by atoms with E-state index in [0.717, 1.165) is 0 Å². The normalized spacial score (nSPS) is 10.0. The molecule has 0 heterocycles. The molecule has 0 fully saturated rings. The van der Waals surface area contributed by atoms with E-state index < -0.39 is 0 Å². The topological polar surface area (TPSA) is 67.9 Å². The number of benzene rings is 1. The molecular weight excluding hydrogens is 308 g/mol. The number of hydrogen-bond donors (Lipinski definition) is 1. The van der Waals surface area contributed by atoms with Gasteiger partial charge in [-0.05, 0) is 0 Å². The van der Waals surface area contributed by atoms with Gasteiger partial charge in [0.25, 0.3) is 0 Å². The van der Waals surface area contributed by atoms with E-state index in [4.69, 9.17) is 21.1 Å². The van der Waals surface area contributed by atoms with Crippen molar-refractivity contribution in [1.29, 1.82) is 0 Å². The Morgan fingerprint density at radius 3 is 2.36 bits per heavy atom. The largest absolute Gasteiger partial charge is 0.495 e. The van der Waals surface area contributed by atoms with Crippen LogP contribution in [0, 0.1) is 0 Å². The van der Waals surface area contributed by atoms with Crippen molar-refractivity contribution in [3.63, 3.8) is 0 Å². The Morgan fingerprint density at radius 1 is 1.23 bits per heavy atom. The molecule has 0 radical (unpaired) electrons. The van der Waals surface area contributed by atoms with Crippen LogP contribution in [0.4, 0.5) is 5.69 Å². The van der Waals surface area contributed by atoms with E-state index in [1.54, 1.807) is 19.1 Å². The maximum absolute atomic E-state index is 11.9. The van der Waals surface area contributed by atoms with Crippen LogP contribution < -0.4 is 19.7 Å². The van der Waals surface area contributed by atoms with Crippen molar-refractivity contribution in [2.75, 3.05) is 32.2 Å². The van der Waals surface area contributed by atoms with E-state index in [1.807, 2.05) is 0 Å². The third-order valence-electron chi connectivity index (χ3n) is 3.10. The van der Waals surface area contributed by atoms with Gasteiger partial charge in [0, 0.05) is 38.6 Å². The van der Waals surface area contributed by atoms with Crippen molar-refractivity contribution in [1.82, 2.24) is 5.32 Å². The Balaban J connectivity index is 3.04. The number of nitrogens with zero attached hydrogens (tertiary/aromatic N) is 1. The van der Waals surface area contributed by atoms with E-state index in [1.165, 1.54) is 26.0 Å². The van der Waals surface area contributed by atoms with Crippen molar-refractivity contribution in [2.45, 2.75) is 20.3 Å². The van der Waals surface area contributed by atoms with Crippen molar-refractivity contribution in [3.8, 4) is 11.5 Å². The molecular formula is C15H21ClN2O4. The van der Waals surface area contributed by atoms with Crippen molar-refractivity contribution in [2.24, 2.45) is 0 Å². The Bertz CT molecular complexity index is 549. The molecule has 22 heavy (non-hydrogen) atoms. The standard InChI is InChI=1S/C15H21ClN2O4/c1-5-15(20)17-6-7-18(10(2)19)12-9-13(21-3)11(16)8-14(12)22-4/h8-9H,5-7H2,1-4H3,(H,17,20). The van der Waals surface area contributed by atoms with E-state index in [9.17, 15) is 9.59 Å². The first-order chi connectivity index (χ1) is 10.4. The van der Waals surface area contributed by atoms with E-state index in [-0.39, 0.29) is 11.8 Å². The van der Waals surface area contributed by atoms with Gasteiger partial charge in [-0.3, -0.25) is 9.59 Å². The zero-order valence-electron chi connectivity index (χ0n) is 13.2. The summed E-state index contributed by atoms with van der Waals surface area (Å²) >= 11 is 6.06. The molecule has 6 nitrogen and oxygen atoms in total. The van der Waals surface area contributed by atoms with Gasteiger partial charge in [0.05, 0.1) is 24.9 Å². The molecule has 0 aliphatic heterocycles. The second kappa shape index (κ2) is 8.48. The summed E-state index contributed by atoms with van der Waals surface area (Å²) in [5, 5.41) is 3.13. The van der Waals surface area contributed by atoms with Gasteiger partial charge >= 0.3 is 0 Å². The molecule has 7 heteroatoms. The average molecular weight is 329 g/mol. The Labute approximate surface area is 135 Å². The van der Waals surface area contributed by atoms with Crippen LogP contribution in [0.25, 0.3) is 0 Å². The number of ether oxygens (including phenoxy) is 2. The molecule has 0 aromatic heterocycles. The van der Waals surface area contributed by atoms with Crippen LogP contribution in [0.5, 0.6) is 11.5 Å². The van der Waals surface area contributed by atoms with Crippen LogP contribution in [-0.4, -0.2) is 39.1 Å². The number of halogens is 1. The number of nitrogens with one attached hydrogen (secondary N) is 1. The number of rotatable bonds is 7. The van der Waals surface area contributed by atoms with Gasteiger partial charge in [-0.15, -0.1) is 0 Å². The highest BCUT2D eigenvalue weighted by molar-refractivity contribution is 6.32. The first kappa shape index (κ1) is 18.1. The maximum Gasteiger partial charge on any atom is 0.224 e. The summed E-state index contributed by atoms with van der Waals surface area (Å²) in [5.74, 6) is 0.668. The monoisotopic (exact) mass is 328 g/mol. The molecule has 1 aromatic carbocycles. The highest BCUT2D eigenvalue weighted by atomic mass is 35.5. The van der Waals surface area contributed by atoms with E-state index in [2.05, 4.69) is 5.32 Å². The van der Waals surface area contributed by atoms with Gasteiger partial charge < -0.3 is 19.7 Å². The average Bonchev–Trinajstić information content (AvgIpc) is 2.50. The lowest BCUT2D eigenvalue weighted by Crippen LogP contribution is -2.37. The smallest absolute Gasteiger partial charge is 0.224 e.